The standard InChI is InChI=1S/C22H28O7/c1-2-3-4-5-6-8-15-28-21-19(25)16-11-10-12-17(20(16)29-22(21)26)27-14-9-7-13-18(23)24/h8,10-12,15,25H,2-7,9,13-14H2,1H3,(H,23,24). The first-order chi connectivity index (χ1) is 14.0. The highest BCUT2D eigenvalue weighted by atomic mass is 16.5. The Morgan fingerprint density at radius 2 is 2.00 bits per heavy atom. The first-order valence-electron chi connectivity index (χ1n) is 9.99. The van der Waals surface area contributed by atoms with Gasteiger partial charge in [0.1, 0.15) is 0 Å². The summed E-state index contributed by atoms with van der Waals surface area (Å²) in [4.78, 5) is 22.8. The van der Waals surface area contributed by atoms with Crippen LogP contribution in [0.25, 0.3) is 11.0 Å². The van der Waals surface area contributed by atoms with E-state index in [-0.39, 0.29) is 30.1 Å². The fourth-order valence-corrected chi connectivity index (χ4v) is 2.82. The van der Waals surface area contributed by atoms with Crippen molar-refractivity contribution in [2.24, 2.45) is 0 Å². The van der Waals surface area contributed by atoms with Gasteiger partial charge in [-0.05, 0) is 43.9 Å². The van der Waals surface area contributed by atoms with Gasteiger partial charge >= 0.3 is 11.6 Å². The van der Waals surface area contributed by atoms with Gasteiger partial charge in [-0.2, -0.15) is 0 Å². The van der Waals surface area contributed by atoms with E-state index in [2.05, 4.69) is 6.92 Å². The summed E-state index contributed by atoms with van der Waals surface area (Å²) in [5, 5.41) is 19.4. The summed E-state index contributed by atoms with van der Waals surface area (Å²) >= 11 is 0. The van der Waals surface area contributed by atoms with E-state index in [0.29, 0.717) is 24.0 Å². The molecule has 0 fully saturated rings. The van der Waals surface area contributed by atoms with Crippen molar-refractivity contribution in [1.29, 1.82) is 0 Å². The average molecular weight is 404 g/mol. The summed E-state index contributed by atoms with van der Waals surface area (Å²) in [6.45, 7) is 2.42. The Balaban J connectivity index is 2.05. The van der Waals surface area contributed by atoms with Crippen LogP contribution in [0.2, 0.25) is 0 Å². The summed E-state index contributed by atoms with van der Waals surface area (Å²) in [5.74, 6) is -1.11. The first kappa shape index (κ1) is 22.3. The maximum atomic E-state index is 12.3. The van der Waals surface area contributed by atoms with E-state index in [4.69, 9.17) is 19.0 Å². The van der Waals surface area contributed by atoms with Crippen LogP contribution in [0.5, 0.6) is 17.2 Å². The molecule has 7 heteroatoms. The number of benzene rings is 1. The Morgan fingerprint density at radius 3 is 2.76 bits per heavy atom. The first-order valence-corrected chi connectivity index (χ1v) is 9.99. The molecule has 2 rings (SSSR count). The fraction of sp³-hybridized carbons (Fsp3) is 0.455. The average Bonchev–Trinajstić information content (AvgIpc) is 2.69. The zero-order valence-corrected chi connectivity index (χ0v) is 16.7. The Labute approximate surface area is 169 Å². The number of hydrogen-bond acceptors (Lipinski definition) is 6. The molecule has 0 bridgehead atoms. The SMILES string of the molecule is CCCCCCC=COc1c(O)c2cccc(OCCCCC(=O)O)c2oc1=O. The summed E-state index contributed by atoms with van der Waals surface area (Å²) in [6, 6.07) is 4.90. The number of aliphatic carboxylic acids is 1. The normalized spacial score (nSPS) is 11.2. The van der Waals surface area contributed by atoms with Crippen molar-refractivity contribution < 1.29 is 28.9 Å². The van der Waals surface area contributed by atoms with Gasteiger partial charge in [0.2, 0.25) is 0 Å². The molecule has 2 aromatic rings. The molecule has 0 aliphatic carbocycles. The quantitative estimate of drug-likeness (QED) is 0.275. The van der Waals surface area contributed by atoms with Crippen molar-refractivity contribution in [3.05, 3.63) is 41.0 Å². The second-order valence-electron chi connectivity index (χ2n) is 6.74. The van der Waals surface area contributed by atoms with E-state index in [1.54, 1.807) is 18.2 Å². The van der Waals surface area contributed by atoms with Gasteiger partial charge in [-0.1, -0.05) is 32.3 Å². The smallest absolute Gasteiger partial charge is 0.383 e. The number of carbonyl (C=O) groups is 1. The predicted octanol–water partition coefficient (Wildman–Crippen LogP) is 5.00. The molecule has 1 aromatic carbocycles. The van der Waals surface area contributed by atoms with Gasteiger partial charge in [0.15, 0.2) is 17.1 Å². The molecule has 158 valence electrons. The topological polar surface area (TPSA) is 106 Å². The molecule has 7 nitrogen and oxygen atoms in total. The highest BCUT2D eigenvalue weighted by molar-refractivity contribution is 5.89. The molecule has 0 amide bonds. The van der Waals surface area contributed by atoms with Crippen LogP contribution >= 0.6 is 0 Å². The number of unbranched alkanes of at least 4 members (excludes halogenated alkanes) is 5. The molecule has 1 heterocycles. The lowest BCUT2D eigenvalue weighted by Gasteiger charge is -2.10. The number of para-hydroxylation sites is 1. The number of aromatic hydroxyl groups is 1. The Bertz CT molecular complexity index is 883. The van der Waals surface area contributed by atoms with Crippen LogP contribution in [0.4, 0.5) is 0 Å². The molecule has 0 saturated heterocycles. The van der Waals surface area contributed by atoms with Crippen molar-refractivity contribution in [2.75, 3.05) is 6.61 Å². The summed E-state index contributed by atoms with van der Waals surface area (Å²) in [5.41, 5.74) is -0.670. The summed E-state index contributed by atoms with van der Waals surface area (Å²) < 4.78 is 16.2. The van der Waals surface area contributed by atoms with E-state index in [1.807, 2.05) is 6.08 Å². The number of rotatable bonds is 13. The van der Waals surface area contributed by atoms with Gasteiger partial charge in [0.05, 0.1) is 18.3 Å². The second kappa shape index (κ2) is 11.8. The zero-order chi connectivity index (χ0) is 21.1. The minimum atomic E-state index is -0.853. The van der Waals surface area contributed by atoms with Crippen molar-refractivity contribution in [3.8, 4) is 17.2 Å². The van der Waals surface area contributed by atoms with Crippen LogP contribution in [0.15, 0.2) is 39.7 Å². The van der Waals surface area contributed by atoms with Crippen LogP contribution in [0, 0.1) is 0 Å². The predicted molar refractivity (Wildman–Crippen MR) is 110 cm³/mol. The van der Waals surface area contributed by atoms with Crippen LogP contribution in [0.1, 0.15) is 58.3 Å². The molecular formula is C22H28O7. The van der Waals surface area contributed by atoms with Crippen LogP contribution in [-0.4, -0.2) is 22.8 Å². The molecule has 0 aliphatic rings. The van der Waals surface area contributed by atoms with Gasteiger partial charge in [-0.3, -0.25) is 4.79 Å². The molecule has 2 N–H and O–H groups in total. The molecule has 0 spiro atoms. The van der Waals surface area contributed by atoms with Crippen molar-refractivity contribution in [2.45, 2.75) is 58.3 Å². The number of fused-ring (bicyclic) bond motifs is 1. The maximum absolute atomic E-state index is 12.3. The second-order valence-corrected chi connectivity index (χ2v) is 6.74. The number of carboxylic acids is 1. The highest BCUT2D eigenvalue weighted by Crippen LogP contribution is 2.35. The van der Waals surface area contributed by atoms with E-state index in [9.17, 15) is 14.7 Å². The Kier molecular flexibility index (Phi) is 9.08. The van der Waals surface area contributed by atoms with Crippen molar-refractivity contribution >= 4 is 16.9 Å². The lowest BCUT2D eigenvalue weighted by molar-refractivity contribution is -0.137. The van der Waals surface area contributed by atoms with Crippen LogP contribution in [-0.2, 0) is 4.79 Å². The third-order valence-corrected chi connectivity index (χ3v) is 4.38. The Morgan fingerprint density at radius 1 is 1.17 bits per heavy atom. The van der Waals surface area contributed by atoms with Gasteiger partial charge in [0, 0.05) is 6.42 Å². The molecule has 1 aromatic heterocycles. The minimum absolute atomic E-state index is 0.0710. The molecule has 0 unspecified atom stereocenters. The zero-order valence-electron chi connectivity index (χ0n) is 16.7. The van der Waals surface area contributed by atoms with E-state index in [1.165, 1.54) is 19.1 Å². The molecule has 0 radical (unpaired) electrons. The molecule has 0 saturated carbocycles. The summed E-state index contributed by atoms with van der Waals surface area (Å²) in [7, 11) is 0. The van der Waals surface area contributed by atoms with Gasteiger partial charge in [-0.25, -0.2) is 4.79 Å². The van der Waals surface area contributed by atoms with E-state index in [0.717, 1.165) is 19.3 Å². The largest absolute Gasteiger partial charge is 0.504 e. The van der Waals surface area contributed by atoms with E-state index >= 15 is 0 Å². The van der Waals surface area contributed by atoms with Crippen molar-refractivity contribution in [1.82, 2.24) is 0 Å². The molecule has 29 heavy (non-hydrogen) atoms. The van der Waals surface area contributed by atoms with E-state index < -0.39 is 11.6 Å². The third kappa shape index (κ3) is 6.85. The van der Waals surface area contributed by atoms with Crippen LogP contribution < -0.4 is 15.1 Å². The summed E-state index contributed by atoms with van der Waals surface area (Å²) in [6.07, 6.45) is 9.68. The van der Waals surface area contributed by atoms with Gasteiger partial charge in [0.25, 0.3) is 5.75 Å². The number of allylic oxidation sites excluding steroid dienone is 1. The lowest BCUT2D eigenvalue weighted by Crippen LogP contribution is -2.05. The van der Waals surface area contributed by atoms with Crippen LogP contribution in [0.3, 0.4) is 0 Å². The number of carboxylic acid groups (broad SMARTS) is 1. The molecular weight excluding hydrogens is 376 g/mol. The van der Waals surface area contributed by atoms with Crippen molar-refractivity contribution in [3.63, 3.8) is 0 Å². The fourth-order valence-electron chi connectivity index (χ4n) is 2.82. The minimum Gasteiger partial charge on any atom is -0.504 e. The van der Waals surface area contributed by atoms with Gasteiger partial charge in [-0.15, -0.1) is 0 Å². The number of ether oxygens (including phenoxy) is 2. The lowest BCUT2D eigenvalue weighted by atomic mass is 10.1. The molecule has 0 atom stereocenters. The maximum Gasteiger partial charge on any atom is 0.383 e. The molecule has 0 aliphatic heterocycles. The number of hydrogen-bond donors (Lipinski definition) is 2. The van der Waals surface area contributed by atoms with Gasteiger partial charge < -0.3 is 24.1 Å². The monoisotopic (exact) mass is 404 g/mol. The Hall–Kier alpha value is -2.96. The highest BCUT2D eigenvalue weighted by Gasteiger charge is 2.17. The third-order valence-electron chi connectivity index (χ3n) is 4.38.